The molecule has 0 spiro atoms. The largest absolute Gasteiger partial charge is 0.854 e. The molecule has 0 fully saturated rings. The maximum absolute atomic E-state index is 13.2. The first-order valence-electron chi connectivity index (χ1n) is 10.5. The molecule has 5 rings (SSSR count). The fraction of sp³-hybridized carbons (Fsp3) is 0.304. The summed E-state index contributed by atoms with van der Waals surface area (Å²) in [6.45, 7) is 3.77. The molecule has 164 valence electrons. The average Bonchev–Trinajstić information content (AvgIpc) is 3.26. The zero-order chi connectivity index (χ0) is 22.2. The third kappa shape index (κ3) is 3.42. The van der Waals surface area contributed by atoms with E-state index in [0.717, 1.165) is 24.2 Å². The van der Waals surface area contributed by atoms with Gasteiger partial charge in [0.1, 0.15) is 0 Å². The number of ether oxygens (including phenoxy) is 2. The average molecular weight is 451 g/mol. The summed E-state index contributed by atoms with van der Waals surface area (Å²) in [6, 6.07) is 12.9. The van der Waals surface area contributed by atoms with E-state index in [1.807, 2.05) is 42.5 Å². The SMILES string of the molecule is CCCCSc1nc([O-])c2[n+](n1)C(c1ccc3c(c1)OCO3)N(C(C)=O)c1ccccc1-2. The second kappa shape index (κ2) is 8.31. The van der Waals surface area contributed by atoms with Gasteiger partial charge in [-0.1, -0.05) is 41.9 Å². The summed E-state index contributed by atoms with van der Waals surface area (Å²) in [4.78, 5) is 18.8. The van der Waals surface area contributed by atoms with E-state index in [0.29, 0.717) is 33.6 Å². The van der Waals surface area contributed by atoms with E-state index in [-0.39, 0.29) is 18.6 Å². The van der Waals surface area contributed by atoms with Crippen LogP contribution in [0.5, 0.6) is 17.4 Å². The molecule has 3 heterocycles. The molecule has 9 heteroatoms. The van der Waals surface area contributed by atoms with Crippen LogP contribution in [0.4, 0.5) is 5.69 Å². The van der Waals surface area contributed by atoms with Gasteiger partial charge in [-0.25, -0.2) is 9.88 Å². The van der Waals surface area contributed by atoms with Gasteiger partial charge in [0.05, 0.1) is 17.1 Å². The van der Waals surface area contributed by atoms with Crippen molar-refractivity contribution in [3.05, 3.63) is 48.0 Å². The number of para-hydroxylation sites is 1. The number of benzene rings is 2. The van der Waals surface area contributed by atoms with E-state index in [1.165, 1.54) is 18.7 Å². The van der Waals surface area contributed by atoms with E-state index >= 15 is 0 Å². The van der Waals surface area contributed by atoms with Crippen LogP contribution in [0.15, 0.2) is 47.6 Å². The van der Waals surface area contributed by atoms with Crippen molar-refractivity contribution in [1.29, 1.82) is 0 Å². The van der Waals surface area contributed by atoms with Crippen molar-refractivity contribution in [2.24, 2.45) is 0 Å². The highest BCUT2D eigenvalue weighted by molar-refractivity contribution is 7.99. The topological polar surface area (TPSA) is 91.5 Å². The second-order valence-corrected chi connectivity index (χ2v) is 8.65. The van der Waals surface area contributed by atoms with Crippen LogP contribution in [-0.2, 0) is 4.79 Å². The lowest BCUT2D eigenvalue weighted by molar-refractivity contribution is -0.764. The monoisotopic (exact) mass is 450 g/mol. The Kier molecular flexibility index (Phi) is 5.34. The maximum atomic E-state index is 13.2. The van der Waals surface area contributed by atoms with E-state index in [2.05, 4.69) is 11.9 Å². The van der Waals surface area contributed by atoms with E-state index in [1.54, 1.807) is 9.58 Å². The molecule has 32 heavy (non-hydrogen) atoms. The third-order valence-electron chi connectivity index (χ3n) is 5.48. The molecule has 2 aliphatic rings. The lowest BCUT2D eigenvalue weighted by Gasteiger charge is -2.32. The first-order valence-corrected chi connectivity index (χ1v) is 11.5. The minimum Gasteiger partial charge on any atom is -0.854 e. The van der Waals surface area contributed by atoms with Gasteiger partial charge >= 0.3 is 0 Å². The van der Waals surface area contributed by atoms with Gasteiger partial charge in [-0.2, -0.15) is 0 Å². The quantitative estimate of drug-likeness (QED) is 0.335. The van der Waals surface area contributed by atoms with Gasteiger partial charge in [0.15, 0.2) is 11.5 Å². The molecule has 1 atom stereocenters. The minimum atomic E-state index is -0.659. The Bertz CT molecular complexity index is 1200. The molecule has 0 saturated heterocycles. The summed E-state index contributed by atoms with van der Waals surface area (Å²) < 4.78 is 12.6. The minimum absolute atomic E-state index is 0.150. The molecule has 3 aromatic rings. The normalized spacial score (nSPS) is 15.9. The molecule has 0 saturated carbocycles. The predicted molar refractivity (Wildman–Crippen MR) is 117 cm³/mol. The first-order chi connectivity index (χ1) is 15.6. The highest BCUT2D eigenvalue weighted by Crippen LogP contribution is 2.42. The molecule has 0 N–H and O–H groups in total. The maximum Gasteiger partial charge on any atom is 0.293 e. The number of hydrogen-bond acceptors (Lipinski definition) is 7. The van der Waals surface area contributed by atoms with Crippen LogP contribution >= 0.6 is 11.8 Å². The van der Waals surface area contributed by atoms with Crippen LogP contribution in [0.25, 0.3) is 11.3 Å². The second-order valence-electron chi connectivity index (χ2n) is 7.59. The van der Waals surface area contributed by atoms with Crippen LogP contribution < -0.4 is 24.2 Å². The number of carbonyl (C=O) groups excluding carboxylic acids is 1. The molecule has 1 amide bonds. The molecule has 0 bridgehead atoms. The summed E-state index contributed by atoms with van der Waals surface area (Å²) in [5.74, 6) is 1.54. The van der Waals surface area contributed by atoms with Crippen LogP contribution in [0.1, 0.15) is 38.4 Å². The summed E-state index contributed by atoms with van der Waals surface area (Å²) in [5.41, 5.74) is 2.40. The number of carbonyl (C=O) groups is 1. The number of rotatable bonds is 5. The molecule has 0 aliphatic carbocycles. The molecule has 1 aromatic heterocycles. The van der Waals surface area contributed by atoms with Crippen LogP contribution in [0.3, 0.4) is 0 Å². The fourth-order valence-electron chi connectivity index (χ4n) is 4.02. The Labute approximate surface area is 189 Å². The first kappa shape index (κ1) is 20.6. The standard InChI is InChI=1S/C23H22N4O4S/c1-3-4-11-32-23-24-21(29)20-16-7-5-6-8-17(16)26(14(2)28)22(27(20)25-23)15-9-10-18-19(12-15)31-13-30-18/h5-10,12,22H,3-4,11,13H2,1-2H3. The van der Waals surface area contributed by atoms with Gasteiger partial charge in [-0.3, -0.25) is 4.79 Å². The van der Waals surface area contributed by atoms with E-state index in [9.17, 15) is 9.90 Å². The highest BCUT2D eigenvalue weighted by Gasteiger charge is 2.44. The molecule has 2 aliphatic heterocycles. The van der Waals surface area contributed by atoms with Crippen molar-refractivity contribution in [3.63, 3.8) is 0 Å². The van der Waals surface area contributed by atoms with Crippen LogP contribution in [-0.4, -0.2) is 28.5 Å². The van der Waals surface area contributed by atoms with Gasteiger partial charge in [0.2, 0.25) is 12.7 Å². The van der Waals surface area contributed by atoms with Crippen molar-refractivity contribution in [2.75, 3.05) is 17.4 Å². The Morgan fingerprint density at radius 1 is 1.25 bits per heavy atom. The van der Waals surface area contributed by atoms with E-state index in [4.69, 9.17) is 14.6 Å². The molecular weight excluding hydrogens is 428 g/mol. The number of amides is 1. The van der Waals surface area contributed by atoms with Crippen molar-refractivity contribution in [2.45, 2.75) is 38.0 Å². The van der Waals surface area contributed by atoms with Crippen LogP contribution in [0.2, 0.25) is 0 Å². The van der Waals surface area contributed by atoms with Crippen molar-refractivity contribution in [3.8, 4) is 28.6 Å². The molecule has 2 aromatic carbocycles. The number of aromatic nitrogens is 3. The van der Waals surface area contributed by atoms with Gasteiger partial charge < -0.3 is 14.6 Å². The molecule has 0 radical (unpaired) electrons. The lowest BCUT2D eigenvalue weighted by Crippen LogP contribution is -2.58. The van der Waals surface area contributed by atoms with Gasteiger partial charge in [-0.05, 0) is 36.8 Å². The smallest absolute Gasteiger partial charge is 0.293 e. The Hall–Kier alpha value is -3.33. The zero-order valence-corrected chi connectivity index (χ0v) is 18.6. The van der Waals surface area contributed by atoms with E-state index < -0.39 is 6.17 Å². The van der Waals surface area contributed by atoms with Crippen molar-refractivity contribution < 1.29 is 24.1 Å². The fourth-order valence-corrected chi connectivity index (χ4v) is 4.93. The van der Waals surface area contributed by atoms with Gasteiger partial charge in [-0.15, -0.1) is 0 Å². The summed E-state index contributed by atoms with van der Waals surface area (Å²) >= 11 is 1.45. The summed E-state index contributed by atoms with van der Waals surface area (Å²) in [7, 11) is 0. The lowest BCUT2D eigenvalue weighted by atomic mass is 10.0. The highest BCUT2D eigenvalue weighted by atomic mass is 32.2. The van der Waals surface area contributed by atoms with Gasteiger partial charge in [0.25, 0.3) is 17.0 Å². The van der Waals surface area contributed by atoms with Crippen molar-refractivity contribution >= 4 is 23.4 Å². The number of unbranched alkanes of at least 4 members (excludes halogenated alkanes) is 1. The zero-order valence-electron chi connectivity index (χ0n) is 17.8. The molecule has 1 unspecified atom stereocenters. The third-order valence-corrected chi connectivity index (χ3v) is 6.40. The van der Waals surface area contributed by atoms with Crippen molar-refractivity contribution in [1.82, 2.24) is 10.1 Å². The predicted octanol–water partition coefficient (Wildman–Crippen LogP) is 3.04. The Morgan fingerprint density at radius 3 is 2.88 bits per heavy atom. The van der Waals surface area contributed by atoms with Crippen LogP contribution in [0, 0.1) is 0 Å². The molecular formula is C23H22N4O4S. The Balaban J connectivity index is 1.72. The number of fused-ring (bicyclic) bond motifs is 4. The summed E-state index contributed by atoms with van der Waals surface area (Å²) in [6.07, 6.45) is 1.38. The number of thioether (sulfide) groups is 1. The van der Waals surface area contributed by atoms with Gasteiger partial charge in [0, 0.05) is 23.3 Å². The number of nitrogens with zero attached hydrogens (tertiary/aromatic N) is 4. The Morgan fingerprint density at radius 2 is 2.06 bits per heavy atom. The number of hydrogen-bond donors (Lipinski definition) is 0. The molecule has 8 nitrogen and oxygen atoms in total. The summed E-state index contributed by atoms with van der Waals surface area (Å²) in [5, 5.41) is 18.3. The number of anilines is 1.